The lowest BCUT2D eigenvalue weighted by Gasteiger charge is -2.20. The van der Waals surface area contributed by atoms with Crippen LogP contribution in [0.4, 0.5) is 9.18 Å². The predicted octanol–water partition coefficient (Wildman–Crippen LogP) is 4.09. The second kappa shape index (κ2) is 7.65. The second-order valence-corrected chi connectivity index (χ2v) is 7.12. The maximum Gasteiger partial charge on any atom is 0.408 e. The third-order valence-corrected chi connectivity index (χ3v) is 3.67. The summed E-state index contributed by atoms with van der Waals surface area (Å²) in [6.07, 6.45) is -0.554. The Kier molecular flexibility index (Phi) is 5.82. The molecule has 1 atom stereocenters. The molecule has 24 heavy (non-hydrogen) atoms. The number of hydrogen-bond acceptors (Lipinski definition) is 6. The minimum atomic E-state index is -0.579. The van der Waals surface area contributed by atoms with Crippen molar-refractivity contribution in [3.05, 3.63) is 41.5 Å². The summed E-state index contributed by atoms with van der Waals surface area (Å²) >= 11 is 1.30. The van der Waals surface area contributed by atoms with E-state index in [2.05, 4.69) is 15.5 Å². The highest BCUT2D eigenvalue weighted by atomic mass is 32.2. The van der Waals surface area contributed by atoms with Gasteiger partial charge in [0.1, 0.15) is 17.5 Å². The summed E-state index contributed by atoms with van der Waals surface area (Å²) in [4.78, 5) is 11.7. The molecule has 0 saturated carbocycles. The van der Waals surface area contributed by atoms with Gasteiger partial charge in [0.15, 0.2) is 0 Å². The van der Waals surface area contributed by atoms with E-state index in [1.807, 2.05) is 6.07 Å². The van der Waals surface area contributed by atoms with Gasteiger partial charge in [0.25, 0.3) is 5.22 Å². The van der Waals surface area contributed by atoms with Gasteiger partial charge in [-0.25, -0.2) is 9.18 Å². The quantitative estimate of drug-likeness (QED) is 0.816. The molecule has 2 aromatic rings. The Hall–Kier alpha value is -2.09. The smallest absolute Gasteiger partial charge is 0.408 e. The number of carbonyl (C=O) groups is 1. The number of rotatable bonds is 5. The van der Waals surface area contributed by atoms with E-state index >= 15 is 0 Å². The zero-order valence-corrected chi connectivity index (χ0v) is 14.8. The highest BCUT2D eigenvalue weighted by Gasteiger charge is 2.21. The Morgan fingerprint density at radius 3 is 2.83 bits per heavy atom. The van der Waals surface area contributed by atoms with E-state index in [-0.39, 0.29) is 11.7 Å². The molecule has 8 heteroatoms. The van der Waals surface area contributed by atoms with Crippen LogP contribution < -0.4 is 5.32 Å². The van der Waals surface area contributed by atoms with Gasteiger partial charge < -0.3 is 14.5 Å². The minimum absolute atomic E-state index is 0.280. The lowest BCUT2D eigenvalue weighted by molar-refractivity contribution is 0.0500. The number of benzene rings is 1. The van der Waals surface area contributed by atoms with Crippen LogP contribution in [-0.4, -0.2) is 21.9 Å². The fourth-order valence-corrected chi connectivity index (χ4v) is 2.48. The summed E-state index contributed by atoms with van der Waals surface area (Å²) in [5, 5.41) is 10.8. The predicted molar refractivity (Wildman–Crippen MR) is 88.0 cm³/mol. The van der Waals surface area contributed by atoms with E-state index in [0.29, 0.717) is 11.0 Å². The van der Waals surface area contributed by atoms with Gasteiger partial charge in [-0.05, 0) is 45.4 Å². The number of ether oxygens (including phenoxy) is 1. The number of hydrogen-bond donors (Lipinski definition) is 1. The first-order valence-electron chi connectivity index (χ1n) is 7.43. The highest BCUT2D eigenvalue weighted by Crippen LogP contribution is 2.23. The Morgan fingerprint density at radius 1 is 1.42 bits per heavy atom. The molecule has 1 aromatic carbocycles. The first kappa shape index (κ1) is 18.3. The van der Waals surface area contributed by atoms with Crippen molar-refractivity contribution in [2.45, 2.75) is 50.3 Å². The Balaban J connectivity index is 1.89. The largest absolute Gasteiger partial charge is 0.444 e. The molecule has 0 fully saturated rings. The van der Waals surface area contributed by atoms with Crippen molar-refractivity contribution in [2.75, 3.05) is 0 Å². The molecule has 6 nitrogen and oxygen atoms in total. The minimum Gasteiger partial charge on any atom is -0.444 e. The molecule has 0 aliphatic carbocycles. The van der Waals surface area contributed by atoms with Gasteiger partial charge in [-0.15, -0.1) is 10.2 Å². The van der Waals surface area contributed by atoms with E-state index in [1.165, 1.54) is 23.9 Å². The summed E-state index contributed by atoms with van der Waals surface area (Å²) in [6, 6.07) is 5.84. The normalized spacial score (nSPS) is 12.7. The molecular formula is C16H20FN3O3S. The summed E-state index contributed by atoms with van der Waals surface area (Å²) in [5.74, 6) is 0.505. The van der Waals surface area contributed by atoms with Crippen molar-refractivity contribution in [1.29, 1.82) is 0 Å². The average molecular weight is 353 g/mol. The molecule has 2 rings (SSSR count). The number of amides is 1. The van der Waals surface area contributed by atoms with E-state index in [4.69, 9.17) is 9.15 Å². The monoisotopic (exact) mass is 353 g/mol. The van der Waals surface area contributed by atoms with E-state index in [1.54, 1.807) is 33.8 Å². The highest BCUT2D eigenvalue weighted by molar-refractivity contribution is 7.98. The SMILES string of the molecule is C[C@@H](NC(=O)OC(C)(C)C)c1nnc(SCc2cccc(F)c2)o1. The number of nitrogens with zero attached hydrogens (tertiary/aromatic N) is 2. The molecule has 0 aliphatic heterocycles. The Morgan fingerprint density at radius 2 is 2.17 bits per heavy atom. The number of aromatic nitrogens is 2. The summed E-state index contributed by atoms with van der Waals surface area (Å²) in [7, 11) is 0. The zero-order chi connectivity index (χ0) is 17.7. The van der Waals surface area contributed by atoms with Crippen LogP contribution in [0, 0.1) is 5.82 Å². The van der Waals surface area contributed by atoms with Crippen molar-refractivity contribution >= 4 is 17.9 Å². The summed E-state index contributed by atoms with van der Waals surface area (Å²) in [6.45, 7) is 7.07. The topological polar surface area (TPSA) is 77.2 Å². The molecule has 1 amide bonds. The van der Waals surface area contributed by atoms with E-state index in [0.717, 1.165) is 5.56 Å². The molecule has 0 bridgehead atoms. The Labute approximate surface area is 144 Å². The number of carbonyl (C=O) groups excluding carboxylic acids is 1. The molecule has 130 valence electrons. The van der Waals surface area contributed by atoms with Crippen LogP contribution in [-0.2, 0) is 10.5 Å². The number of alkyl carbamates (subject to hydrolysis) is 1. The van der Waals surface area contributed by atoms with Crippen LogP contribution in [0.3, 0.4) is 0 Å². The Bertz CT molecular complexity index is 700. The third kappa shape index (κ3) is 5.84. The first-order chi connectivity index (χ1) is 11.2. The maximum atomic E-state index is 13.1. The van der Waals surface area contributed by atoms with Gasteiger partial charge in [0, 0.05) is 5.75 Å². The van der Waals surface area contributed by atoms with Crippen molar-refractivity contribution in [2.24, 2.45) is 0 Å². The molecular weight excluding hydrogens is 333 g/mol. The van der Waals surface area contributed by atoms with Gasteiger partial charge >= 0.3 is 6.09 Å². The zero-order valence-electron chi connectivity index (χ0n) is 14.0. The molecule has 1 N–H and O–H groups in total. The maximum absolute atomic E-state index is 13.1. The van der Waals surface area contributed by atoms with Crippen LogP contribution in [0.5, 0.6) is 0 Å². The van der Waals surface area contributed by atoms with Gasteiger partial charge in [-0.3, -0.25) is 0 Å². The molecule has 1 heterocycles. The molecule has 0 saturated heterocycles. The fourth-order valence-electron chi connectivity index (χ4n) is 1.77. The molecule has 0 radical (unpaired) electrons. The fraction of sp³-hybridized carbons (Fsp3) is 0.438. The van der Waals surface area contributed by atoms with Gasteiger partial charge in [-0.2, -0.15) is 0 Å². The summed E-state index contributed by atoms with van der Waals surface area (Å²) < 4.78 is 23.8. The second-order valence-electron chi connectivity index (χ2n) is 6.19. The van der Waals surface area contributed by atoms with Crippen molar-refractivity contribution in [3.63, 3.8) is 0 Å². The van der Waals surface area contributed by atoms with E-state index in [9.17, 15) is 9.18 Å². The molecule has 0 spiro atoms. The number of nitrogens with one attached hydrogen (secondary N) is 1. The number of thioether (sulfide) groups is 1. The van der Waals surface area contributed by atoms with Crippen LogP contribution in [0.1, 0.15) is 45.2 Å². The summed E-state index contributed by atoms with van der Waals surface area (Å²) in [5.41, 5.74) is 0.240. The standard InChI is InChI=1S/C16H20FN3O3S/c1-10(18-14(21)23-16(2,3)4)13-19-20-15(22-13)24-9-11-6-5-7-12(17)8-11/h5-8,10H,9H2,1-4H3,(H,18,21)/t10-/m1/s1. The average Bonchev–Trinajstić information content (AvgIpc) is 2.92. The molecule has 0 unspecified atom stereocenters. The van der Waals surface area contributed by atoms with Crippen LogP contribution in [0.2, 0.25) is 0 Å². The molecule has 1 aromatic heterocycles. The third-order valence-electron chi connectivity index (χ3n) is 2.78. The van der Waals surface area contributed by atoms with Crippen LogP contribution >= 0.6 is 11.8 Å². The van der Waals surface area contributed by atoms with Crippen molar-refractivity contribution < 1.29 is 18.3 Å². The van der Waals surface area contributed by atoms with Crippen molar-refractivity contribution in [1.82, 2.24) is 15.5 Å². The number of halogens is 1. The lowest BCUT2D eigenvalue weighted by atomic mass is 10.2. The first-order valence-corrected chi connectivity index (χ1v) is 8.41. The van der Waals surface area contributed by atoms with Crippen molar-refractivity contribution in [3.8, 4) is 0 Å². The molecule has 0 aliphatic rings. The lowest BCUT2D eigenvalue weighted by Crippen LogP contribution is -2.34. The van der Waals surface area contributed by atoms with Gasteiger partial charge in [0.2, 0.25) is 5.89 Å². The van der Waals surface area contributed by atoms with E-state index < -0.39 is 17.7 Å². The van der Waals surface area contributed by atoms with Crippen LogP contribution in [0.25, 0.3) is 0 Å². The van der Waals surface area contributed by atoms with Crippen LogP contribution in [0.15, 0.2) is 33.9 Å². The van der Waals surface area contributed by atoms with Gasteiger partial charge in [-0.1, -0.05) is 23.9 Å². The van der Waals surface area contributed by atoms with Gasteiger partial charge in [0.05, 0.1) is 0 Å².